The van der Waals surface area contributed by atoms with Crippen LogP contribution < -0.4 is 14.8 Å². The standard InChI is InChI=1S/C22H27ClN2O4/c1-4-11-24-22(27)16(2)25(14-17-7-5-9-19(12-17)28-3)21(26)15-29-20-10-6-8-18(23)13-20/h5-10,12-13,16H,4,11,14-15H2,1-3H3,(H,24,27). The van der Waals surface area contributed by atoms with Crippen molar-refractivity contribution >= 4 is 23.4 Å². The summed E-state index contributed by atoms with van der Waals surface area (Å²) in [5.74, 6) is 0.682. The Kier molecular flexibility index (Phi) is 8.80. The van der Waals surface area contributed by atoms with Crippen molar-refractivity contribution < 1.29 is 19.1 Å². The van der Waals surface area contributed by atoms with E-state index < -0.39 is 6.04 Å². The molecule has 2 aromatic rings. The van der Waals surface area contributed by atoms with Gasteiger partial charge in [0, 0.05) is 18.1 Å². The SMILES string of the molecule is CCCNC(=O)C(C)N(Cc1cccc(OC)c1)C(=O)COc1cccc(Cl)c1. The summed E-state index contributed by atoms with van der Waals surface area (Å²) in [7, 11) is 1.59. The van der Waals surface area contributed by atoms with Crippen LogP contribution in [-0.2, 0) is 16.1 Å². The first-order valence-electron chi connectivity index (χ1n) is 9.53. The van der Waals surface area contributed by atoms with E-state index in [2.05, 4.69) is 5.32 Å². The Morgan fingerprint density at radius 1 is 1.14 bits per heavy atom. The maximum Gasteiger partial charge on any atom is 0.261 e. The van der Waals surface area contributed by atoms with Gasteiger partial charge in [0.15, 0.2) is 6.61 Å². The topological polar surface area (TPSA) is 67.9 Å². The molecule has 2 amide bonds. The van der Waals surface area contributed by atoms with Gasteiger partial charge in [0.25, 0.3) is 5.91 Å². The molecule has 0 saturated heterocycles. The van der Waals surface area contributed by atoms with Gasteiger partial charge in [0.05, 0.1) is 7.11 Å². The number of benzene rings is 2. The molecule has 29 heavy (non-hydrogen) atoms. The highest BCUT2D eigenvalue weighted by Crippen LogP contribution is 2.19. The van der Waals surface area contributed by atoms with Crippen LogP contribution in [0.5, 0.6) is 11.5 Å². The van der Waals surface area contributed by atoms with Crippen LogP contribution in [0.4, 0.5) is 0 Å². The molecule has 0 bridgehead atoms. The van der Waals surface area contributed by atoms with Gasteiger partial charge in [-0.15, -0.1) is 0 Å². The highest BCUT2D eigenvalue weighted by molar-refractivity contribution is 6.30. The number of halogens is 1. The third-order valence-electron chi connectivity index (χ3n) is 4.36. The number of hydrogen-bond donors (Lipinski definition) is 1. The van der Waals surface area contributed by atoms with Crippen LogP contribution >= 0.6 is 11.6 Å². The number of hydrogen-bond acceptors (Lipinski definition) is 4. The van der Waals surface area contributed by atoms with E-state index >= 15 is 0 Å². The van der Waals surface area contributed by atoms with Crippen LogP contribution in [0.25, 0.3) is 0 Å². The number of ether oxygens (including phenoxy) is 2. The Labute approximate surface area is 176 Å². The molecule has 1 N–H and O–H groups in total. The zero-order valence-corrected chi connectivity index (χ0v) is 17.7. The molecule has 2 aromatic carbocycles. The van der Waals surface area contributed by atoms with Gasteiger partial charge >= 0.3 is 0 Å². The Bertz CT molecular complexity index is 828. The van der Waals surface area contributed by atoms with Gasteiger partial charge in [-0.1, -0.05) is 36.7 Å². The Hall–Kier alpha value is -2.73. The average molecular weight is 419 g/mol. The van der Waals surface area contributed by atoms with Crippen LogP contribution in [0.2, 0.25) is 5.02 Å². The lowest BCUT2D eigenvalue weighted by Crippen LogP contribution is -2.49. The molecule has 0 saturated carbocycles. The molecule has 156 valence electrons. The zero-order valence-electron chi connectivity index (χ0n) is 17.0. The fourth-order valence-electron chi connectivity index (χ4n) is 2.73. The molecule has 0 aliphatic rings. The Morgan fingerprint density at radius 2 is 1.86 bits per heavy atom. The predicted octanol–water partition coefficient (Wildman–Crippen LogP) is 3.67. The van der Waals surface area contributed by atoms with Crippen molar-refractivity contribution in [3.63, 3.8) is 0 Å². The van der Waals surface area contributed by atoms with E-state index in [0.29, 0.717) is 23.1 Å². The van der Waals surface area contributed by atoms with E-state index in [1.807, 2.05) is 31.2 Å². The first kappa shape index (κ1) is 22.6. The minimum atomic E-state index is -0.650. The molecule has 6 nitrogen and oxygen atoms in total. The Balaban J connectivity index is 2.15. The van der Waals surface area contributed by atoms with Crippen LogP contribution in [0.3, 0.4) is 0 Å². The van der Waals surface area contributed by atoms with Crippen molar-refractivity contribution in [3.8, 4) is 11.5 Å². The molecule has 1 atom stereocenters. The third kappa shape index (κ3) is 6.98. The monoisotopic (exact) mass is 418 g/mol. The minimum Gasteiger partial charge on any atom is -0.497 e. The van der Waals surface area contributed by atoms with Crippen molar-refractivity contribution in [2.24, 2.45) is 0 Å². The highest BCUT2D eigenvalue weighted by atomic mass is 35.5. The van der Waals surface area contributed by atoms with Gasteiger partial charge in [-0.3, -0.25) is 9.59 Å². The quantitative estimate of drug-likeness (QED) is 0.639. The van der Waals surface area contributed by atoms with E-state index in [9.17, 15) is 9.59 Å². The summed E-state index contributed by atoms with van der Waals surface area (Å²) >= 11 is 5.96. The number of nitrogens with zero attached hydrogens (tertiary/aromatic N) is 1. The maximum atomic E-state index is 12.9. The molecule has 0 aliphatic heterocycles. The van der Waals surface area contributed by atoms with Crippen molar-refractivity contribution in [1.82, 2.24) is 10.2 Å². The molecular weight excluding hydrogens is 392 g/mol. The number of amides is 2. The molecule has 0 aliphatic carbocycles. The number of nitrogens with one attached hydrogen (secondary N) is 1. The van der Waals surface area contributed by atoms with Gasteiger partial charge in [0.2, 0.25) is 5.91 Å². The second kappa shape index (κ2) is 11.3. The first-order chi connectivity index (χ1) is 13.9. The second-order valence-electron chi connectivity index (χ2n) is 6.59. The fraction of sp³-hybridized carbons (Fsp3) is 0.364. The van der Waals surface area contributed by atoms with Crippen LogP contribution in [0.1, 0.15) is 25.8 Å². The molecule has 2 rings (SSSR count). The summed E-state index contributed by atoms with van der Waals surface area (Å²) in [6, 6.07) is 13.6. The number of carbonyl (C=O) groups excluding carboxylic acids is 2. The van der Waals surface area contributed by atoms with Crippen LogP contribution in [0.15, 0.2) is 48.5 Å². The van der Waals surface area contributed by atoms with Gasteiger partial charge in [-0.25, -0.2) is 0 Å². The van der Waals surface area contributed by atoms with E-state index in [-0.39, 0.29) is 25.0 Å². The van der Waals surface area contributed by atoms with Gasteiger partial charge in [-0.2, -0.15) is 0 Å². The summed E-state index contributed by atoms with van der Waals surface area (Å²) in [5.41, 5.74) is 0.857. The molecule has 0 spiro atoms. The highest BCUT2D eigenvalue weighted by Gasteiger charge is 2.26. The summed E-state index contributed by atoms with van der Waals surface area (Å²) in [4.78, 5) is 26.9. The zero-order chi connectivity index (χ0) is 21.2. The summed E-state index contributed by atoms with van der Waals surface area (Å²) in [6.45, 7) is 4.31. The maximum absolute atomic E-state index is 12.9. The predicted molar refractivity (Wildman–Crippen MR) is 113 cm³/mol. The van der Waals surface area contributed by atoms with E-state index in [1.165, 1.54) is 4.90 Å². The van der Waals surface area contributed by atoms with E-state index in [1.54, 1.807) is 38.3 Å². The van der Waals surface area contributed by atoms with Crippen molar-refractivity contribution in [3.05, 3.63) is 59.1 Å². The van der Waals surface area contributed by atoms with E-state index in [0.717, 1.165) is 12.0 Å². The fourth-order valence-corrected chi connectivity index (χ4v) is 2.91. The number of carbonyl (C=O) groups is 2. The molecule has 7 heteroatoms. The minimum absolute atomic E-state index is 0.199. The molecule has 0 heterocycles. The number of methoxy groups -OCH3 is 1. The lowest BCUT2D eigenvalue weighted by atomic mass is 10.1. The Morgan fingerprint density at radius 3 is 2.55 bits per heavy atom. The number of rotatable bonds is 10. The molecule has 1 unspecified atom stereocenters. The summed E-state index contributed by atoms with van der Waals surface area (Å²) in [5, 5.41) is 3.36. The first-order valence-corrected chi connectivity index (χ1v) is 9.90. The van der Waals surface area contributed by atoms with Crippen molar-refractivity contribution in [2.45, 2.75) is 32.9 Å². The normalized spacial score (nSPS) is 11.4. The van der Waals surface area contributed by atoms with E-state index in [4.69, 9.17) is 21.1 Å². The largest absolute Gasteiger partial charge is 0.497 e. The van der Waals surface area contributed by atoms with Crippen molar-refractivity contribution in [1.29, 1.82) is 0 Å². The lowest BCUT2D eigenvalue weighted by molar-refractivity contribution is -0.142. The molecular formula is C22H27ClN2O4. The van der Waals surface area contributed by atoms with Gasteiger partial charge in [-0.05, 0) is 49.2 Å². The summed E-state index contributed by atoms with van der Waals surface area (Å²) < 4.78 is 10.8. The third-order valence-corrected chi connectivity index (χ3v) is 4.60. The van der Waals surface area contributed by atoms with Gasteiger partial charge in [0.1, 0.15) is 17.5 Å². The lowest BCUT2D eigenvalue weighted by Gasteiger charge is -2.28. The summed E-state index contributed by atoms with van der Waals surface area (Å²) in [6.07, 6.45) is 0.820. The van der Waals surface area contributed by atoms with Crippen LogP contribution in [0, 0.1) is 0 Å². The van der Waals surface area contributed by atoms with Gasteiger partial charge < -0.3 is 19.7 Å². The molecule has 0 aromatic heterocycles. The van der Waals surface area contributed by atoms with Crippen LogP contribution in [-0.4, -0.2) is 43.0 Å². The molecule has 0 fully saturated rings. The average Bonchev–Trinajstić information content (AvgIpc) is 2.73. The smallest absolute Gasteiger partial charge is 0.261 e. The second-order valence-corrected chi connectivity index (χ2v) is 7.02. The van der Waals surface area contributed by atoms with Crippen molar-refractivity contribution in [2.75, 3.05) is 20.3 Å². The molecule has 0 radical (unpaired) electrons.